The molecule has 1 atom stereocenters. The van der Waals surface area contributed by atoms with Crippen LogP contribution in [0.3, 0.4) is 0 Å². The maximum absolute atomic E-state index is 11.0. The highest BCUT2D eigenvalue weighted by Crippen LogP contribution is 2.23. The second-order valence-corrected chi connectivity index (χ2v) is 4.77. The molecule has 16 heavy (non-hydrogen) atoms. The van der Waals surface area contributed by atoms with Gasteiger partial charge in [-0.1, -0.05) is 0 Å². The van der Waals surface area contributed by atoms with E-state index < -0.39 is 0 Å². The molecule has 1 saturated heterocycles. The van der Waals surface area contributed by atoms with Gasteiger partial charge in [-0.05, 0) is 40.9 Å². The molecule has 0 spiro atoms. The summed E-state index contributed by atoms with van der Waals surface area (Å²) in [6.07, 6.45) is 3.31. The van der Waals surface area contributed by atoms with Gasteiger partial charge in [0.15, 0.2) is 0 Å². The summed E-state index contributed by atoms with van der Waals surface area (Å²) in [6.45, 7) is 2.75. The van der Waals surface area contributed by atoms with Gasteiger partial charge >= 0.3 is 0 Å². The molecule has 2 rings (SSSR count). The molecule has 5 heteroatoms. The summed E-state index contributed by atoms with van der Waals surface area (Å²) in [5, 5.41) is 6.16. The average Bonchev–Trinajstić information content (AvgIpc) is 2.67. The number of amides is 1. The lowest BCUT2D eigenvalue weighted by Crippen LogP contribution is -2.32. The molecule has 0 aliphatic carbocycles. The normalized spacial score (nSPS) is 19.6. The average molecular weight is 284 g/mol. The zero-order valence-corrected chi connectivity index (χ0v) is 10.7. The Morgan fingerprint density at radius 2 is 2.50 bits per heavy atom. The number of aryl methyl sites for hydroxylation is 1. The Bertz CT molecular complexity index is 408. The van der Waals surface area contributed by atoms with Crippen molar-refractivity contribution in [2.24, 2.45) is 0 Å². The second-order valence-electron chi connectivity index (χ2n) is 3.97. The van der Waals surface area contributed by atoms with E-state index in [0.717, 1.165) is 28.8 Å². The Hall–Kier alpha value is -1.10. The highest BCUT2D eigenvalue weighted by molar-refractivity contribution is 9.10. The fourth-order valence-corrected chi connectivity index (χ4v) is 2.09. The van der Waals surface area contributed by atoms with E-state index in [9.17, 15) is 4.79 Å². The van der Waals surface area contributed by atoms with Crippen LogP contribution in [-0.2, 0) is 4.79 Å². The van der Waals surface area contributed by atoms with Gasteiger partial charge in [-0.15, -0.1) is 0 Å². The molecule has 1 amide bonds. The van der Waals surface area contributed by atoms with Gasteiger partial charge in [-0.25, -0.2) is 4.98 Å². The molecule has 2 heterocycles. The molecule has 1 aromatic rings. The van der Waals surface area contributed by atoms with Gasteiger partial charge in [-0.2, -0.15) is 0 Å². The van der Waals surface area contributed by atoms with Crippen molar-refractivity contribution in [2.75, 3.05) is 11.9 Å². The number of pyridine rings is 1. The molecule has 1 unspecified atom stereocenters. The van der Waals surface area contributed by atoms with Crippen molar-refractivity contribution in [3.05, 3.63) is 22.3 Å². The maximum atomic E-state index is 11.0. The first-order valence-electron chi connectivity index (χ1n) is 5.31. The van der Waals surface area contributed by atoms with E-state index >= 15 is 0 Å². The number of aromatic nitrogens is 1. The van der Waals surface area contributed by atoms with Crippen molar-refractivity contribution in [2.45, 2.75) is 25.8 Å². The summed E-state index contributed by atoms with van der Waals surface area (Å²) in [5.41, 5.74) is 1.15. The molecular weight excluding hydrogens is 270 g/mol. The lowest BCUT2D eigenvalue weighted by atomic mass is 10.2. The van der Waals surface area contributed by atoms with Gasteiger partial charge in [0.1, 0.15) is 5.82 Å². The van der Waals surface area contributed by atoms with Crippen LogP contribution in [0.1, 0.15) is 18.4 Å². The third-order valence-electron chi connectivity index (χ3n) is 2.68. The third-order valence-corrected chi connectivity index (χ3v) is 3.68. The molecule has 1 aromatic heterocycles. The van der Waals surface area contributed by atoms with E-state index in [1.165, 1.54) is 0 Å². The van der Waals surface area contributed by atoms with Crippen LogP contribution in [0.4, 0.5) is 5.82 Å². The Kier molecular flexibility index (Phi) is 3.43. The highest BCUT2D eigenvalue weighted by Gasteiger charge is 2.20. The topological polar surface area (TPSA) is 54.0 Å². The van der Waals surface area contributed by atoms with Crippen LogP contribution in [0.15, 0.2) is 16.7 Å². The minimum absolute atomic E-state index is 0.142. The van der Waals surface area contributed by atoms with E-state index in [1.807, 2.05) is 13.0 Å². The number of carbonyl (C=O) groups is 1. The standard InChI is InChI=1S/C11H14BrN3O/c1-7-4-5-13-11(10(7)12)14-6-8-2-3-9(16)15-8/h4-5,8H,2-3,6H2,1H3,(H,13,14)(H,15,16). The van der Waals surface area contributed by atoms with Crippen molar-refractivity contribution in [3.63, 3.8) is 0 Å². The summed E-state index contributed by atoms with van der Waals surface area (Å²) in [4.78, 5) is 15.3. The van der Waals surface area contributed by atoms with Crippen LogP contribution < -0.4 is 10.6 Å². The lowest BCUT2D eigenvalue weighted by Gasteiger charge is -2.13. The fraction of sp³-hybridized carbons (Fsp3) is 0.455. The quantitative estimate of drug-likeness (QED) is 0.890. The van der Waals surface area contributed by atoms with Gasteiger partial charge in [0, 0.05) is 25.2 Å². The van der Waals surface area contributed by atoms with Gasteiger partial charge in [-0.3, -0.25) is 4.79 Å². The molecule has 1 aliphatic rings. The van der Waals surface area contributed by atoms with Crippen molar-refractivity contribution in [3.8, 4) is 0 Å². The number of rotatable bonds is 3. The SMILES string of the molecule is Cc1ccnc(NCC2CCC(=O)N2)c1Br. The summed E-state index contributed by atoms with van der Waals surface area (Å²) < 4.78 is 0.985. The van der Waals surface area contributed by atoms with Crippen LogP contribution in [0.5, 0.6) is 0 Å². The van der Waals surface area contributed by atoms with Crippen LogP contribution in [0, 0.1) is 6.92 Å². The van der Waals surface area contributed by atoms with Crippen molar-refractivity contribution >= 4 is 27.7 Å². The smallest absolute Gasteiger partial charge is 0.220 e. The third kappa shape index (κ3) is 2.52. The molecule has 1 aliphatic heterocycles. The second kappa shape index (κ2) is 4.82. The Morgan fingerprint density at radius 3 is 3.19 bits per heavy atom. The highest BCUT2D eigenvalue weighted by atomic mass is 79.9. The number of nitrogens with one attached hydrogen (secondary N) is 2. The summed E-state index contributed by atoms with van der Waals surface area (Å²) in [7, 11) is 0. The van der Waals surface area contributed by atoms with E-state index in [2.05, 4.69) is 31.5 Å². The molecule has 0 aromatic carbocycles. The first kappa shape index (κ1) is 11.4. The van der Waals surface area contributed by atoms with Crippen LogP contribution in [0.2, 0.25) is 0 Å². The van der Waals surface area contributed by atoms with Gasteiger partial charge in [0.25, 0.3) is 0 Å². The molecule has 86 valence electrons. The minimum atomic E-state index is 0.142. The summed E-state index contributed by atoms with van der Waals surface area (Å²) in [5.74, 6) is 0.976. The number of halogens is 1. The van der Waals surface area contributed by atoms with E-state index in [1.54, 1.807) is 6.20 Å². The monoisotopic (exact) mass is 283 g/mol. The van der Waals surface area contributed by atoms with Crippen LogP contribution >= 0.6 is 15.9 Å². The number of hydrogen-bond donors (Lipinski definition) is 2. The predicted molar refractivity (Wildman–Crippen MR) is 66.3 cm³/mol. The van der Waals surface area contributed by atoms with E-state index in [4.69, 9.17) is 0 Å². The Balaban J connectivity index is 1.94. The van der Waals surface area contributed by atoms with E-state index in [-0.39, 0.29) is 11.9 Å². The zero-order chi connectivity index (χ0) is 11.5. The van der Waals surface area contributed by atoms with Gasteiger partial charge < -0.3 is 10.6 Å². The number of anilines is 1. The molecular formula is C11H14BrN3O. The number of hydrogen-bond acceptors (Lipinski definition) is 3. The zero-order valence-electron chi connectivity index (χ0n) is 9.09. The van der Waals surface area contributed by atoms with Gasteiger partial charge in [0.2, 0.25) is 5.91 Å². The Labute approximate surface area is 103 Å². The molecule has 2 N–H and O–H groups in total. The molecule has 0 radical (unpaired) electrons. The molecule has 0 saturated carbocycles. The van der Waals surface area contributed by atoms with Crippen LogP contribution in [0.25, 0.3) is 0 Å². The molecule has 0 bridgehead atoms. The summed E-state index contributed by atoms with van der Waals surface area (Å²) >= 11 is 3.49. The fourth-order valence-electron chi connectivity index (χ4n) is 1.71. The molecule has 1 fully saturated rings. The van der Waals surface area contributed by atoms with Crippen molar-refractivity contribution < 1.29 is 4.79 Å². The molecule has 4 nitrogen and oxygen atoms in total. The lowest BCUT2D eigenvalue weighted by molar-refractivity contribution is -0.119. The maximum Gasteiger partial charge on any atom is 0.220 e. The number of nitrogens with zero attached hydrogens (tertiary/aromatic N) is 1. The largest absolute Gasteiger partial charge is 0.367 e. The minimum Gasteiger partial charge on any atom is -0.367 e. The van der Waals surface area contributed by atoms with Gasteiger partial charge in [0.05, 0.1) is 4.47 Å². The first-order chi connectivity index (χ1) is 7.66. The first-order valence-corrected chi connectivity index (χ1v) is 6.10. The Morgan fingerprint density at radius 1 is 1.69 bits per heavy atom. The van der Waals surface area contributed by atoms with E-state index in [0.29, 0.717) is 6.42 Å². The summed E-state index contributed by atoms with van der Waals surface area (Å²) in [6, 6.07) is 2.17. The van der Waals surface area contributed by atoms with Crippen molar-refractivity contribution in [1.82, 2.24) is 10.3 Å². The predicted octanol–water partition coefficient (Wildman–Crippen LogP) is 1.84. The number of carbonyl (C=O) groups excluding carboxylic acids is 1. The van der Waals surface area contributed by atoms with Crippen LogP contribution in [-0.4, -0.2) is 23.5 Å². The van der Waals surface area contributed by atoms with Crippen molar-refractivity contribution in [1.29, 1.82) is 0 Å².